The first-order chi connectivity index (χ1) is 8.19. The van der Waals surface area contributed by atoms with Gasteiger partial charge in [-0.05, 0) is 25.1 Å². The van der Waals surface area contributed by atoms with Gasteiger partial charge in [-0.1, -0.05) is 15.9 Å². The number of hydrogen-bond donors (Lipinski definition) is 0. The molecule has 0 radical (unpaired) electrons. The Hall–Kier alpha value is -1.20. The smallest absolute Gasteiger partial charge is 0.151 e. The number of aryl methyl sites for hydroxylation is 1. The summed E-state index contributed by atoms with van der Waals surface area (Å²) in [4.78, 5) is 15.1. The lowest BCUT2D eigenvalue weighted by Crippen LogP contribution is -1.96. The zero-order chi connectivity index (χ0) is 12.3. The largest absolute Gasteiger partial charge is 0.487 e. The quantitative estimate of drug-likeness (QED) is 0.810. The molecule has 0 unspecified atom stereocenters. The zero-order valence-electron chi connectivity index (χ0n) is 9.14. The van der Waals surface area contributed by atoms with Crippen LogP contribution in [0.15, 0.2) is 28.1 Å². The Bertz CT molecular complexity index is 539. The molecule has 1 aromatic heterocycles. The van der Waals surface area contributed by atoms with Gasteiger partial charge in [-0.2, -0.15) is 0 Å². The molecule has 0 atom stereocenters. The number of thiazole rings is 1. The van der Waals surface area contributed by atoms with Gasteiger partial charge in [0, 0.05) is 15.4 Å². The molecule has 0 amide bonds. The predicted molar refractivity (Wildman–Crippen MR) is 70.7 cm³/mol. The minimum atomic E-state index is 0.421. The van der Waals surface area contributed by atoms with Crippen molar-refractivity contribution in [3.63, 3.8) is 0 Å². The van der Waals surface area contributed by atoms with Gasteiger partial charge in [0.25, 0.3) is 0 Å². The van der Waals surface area contributed by atoms with E-state index in [4.69, 9.17) is 4.74 Å². The highest BCUT2D eigenvalue weighted by atomic mass is 79.9. The summed E-state index contributed by atoms with van der Waals surface area (Å²) in [5.74, 6) is 0.668. The third-order valence-corrected chi connectivity index (χ3v) is 3.69. The van der Waals surface area contributed by atoms with E-state index < -0.39 is 0 Å². The fraction of sp³-hybridized carbons (Fsp3) is 0.167. The van der Waals surface area contributed by atoms with E-state index in [0.717, 1.165) is 21.5 Å². The molecular weight excluding hydrogens is 302 g/mol. The lowest BCUT2D eigenvalue weighted by atomic mass is 10.2. The average molecular weight is 312 g/mol. The Morgan fingerprint density at radius 2 is 2.35 bits per heavy atom. The van der Waals surface area contributed by atoms with Gasteiger partial charge in [-0.25, -0.2) is 4.98 Å². The van der Waals surface area contributed by atoms with Crippen LogP contribution in [0.1, 0.15) is 21.1 Å². The van der Waals surface area contributed by atoms with Crippen LogP contribution in [-0.4, -0.2) is 11.3 Å². The van der Waals surface area contributed by atoms with Crippen LogP contribution < -0.4 is 4.74 Å². The van der Waals surface area contributed by atoms with Crippen molar-refractivity contribution in [3.8, 4) is 5.75 Å². The third kappa shape index (κ3) is 3.14. The monoisotopic (exact) mass is 311 g/mol. The lowest BCUT2D eigenvalue weighted by Gasteiger charge is -2.05. The van der Waals surface area contributed by atoms with Gasteiger partial charge < -0.3 is 4.74 Å². The molecule has 2 aromatic rings. The molecule has 2 rings (SSSR count). The summed E-state index contributed by atoms with van der Waals surface area (Å²) in [6.07, 6.45) is 0.796. The van der Waals surface area contributed by atoms with Crippen molar-refractivity contribution in [2.24, 2.45) is 0 Å². The summed E-state index contributed by atoms with van der Waals surface area (Å²) in [6, 6.07) is 5.32. The zero-order valence-corrected chi connectivity index (χ0v) is 11.5. The molecule has 88 valence electrons. The number of ether oxygens (including phenoxy) is 1. The van der Waals surface area contributed by atoms with Gasteiger partial charge in [0.15, 0.2) is 6.29 Å². The summed E-state index contributed by atoms with van der Waals surface area (Å²) in [5.41, 5.74) is 1.49. The molecule has 1 heterocycles. The Balaban J connectivity index is 2.06. The standard InChI is InChI=1S/C12H10BrNO2S/c1-8-14-10(7-17-8)6-16-11-2-3-12(13)9(4-11)5-15/h2-5,7H,6H2,1H3. The maximum absolute atomic E-state index is 10.8. The van der Waals surface area contributed by atoms with E-state index in [0.29, 0.717) is 17.9 Å². The molecule has 0 N–H and O–H groups in total. The first-order valence-corrected chi connectivity index (χ1v) is 6.65. The fourth-order valence-electron chi connectivity index (χ4n) is 1.33. The van der Waals surface area contributed by atoms with Crippen LogP contribution >= 0.6 is 27.3 Å². The van der Waals surface area contributed by atoms with Crippen LogP contribution in [0.25, 0.3) is 0 Å². The number of carbonyl (C=O) groups excluding carboxylic acids is 1. The highest BCUT2D eigenvalue weighted by Gasteiger charge is 2.03. The van der Waals surface area contributed by atoms with Crippen molar-refractivity contribution in [2.45, 2.75) is 13.5 Å². The van der Waals surface area contributed by atoms with Crippen LogP contribution in [-0.2, 0) is 6.61 Å². The first kappa shape index (κ1) is 12.3. The number of rotatable bonds is 4. The fourth-order valence-corrected chi connectivity index (χ4v) is 2.27. The van der Waals surface area contributed by atoms with Crippen molar-refractivity contribution >= 4 is 33.6 Å². The summed E-state index contributed by atoms with van der Waals surface area (Å²) in [7, 11) is 0. The molecule has 0 aliphatic carbocycles. The molecule has 0 spiro atoms. The van der Waals surface area contributed by atoms with Crippen molar-refractivity contribution < 1.29 is 9.53 Å². The van der Waals surface area contributed by atoms with Gasteiger partial charge in [0.05, 0.1) is 10.7 Å². The summed E-state index contributed by atoms with van der Waals surface area (Å²) in [6.45, 7) is 2.38. The van der Waals surface area contributed by atoms with E-state index in [1.807, 2.05) is 18.4 Å². The predicted octanol–water partition coefficient (Wildman–Crippen LogP) is 3.61. The minimum Gasteiger partial charge on any atom is -0.487 e. The second-order valence-corrected chi connectivity index (χ2v) is 5.36. The number of aromatic nitrogens is 1. The molecule has 3 nitrogen and oxygen atoms in total. The lowest BCUT2D eigenvalue weighted by molar-refractivity contribution is 0.112. The summed E-state index contributed by atoms with van der Waals surface area (Å²) >= 11 is 4.89. The van der Waals surface area contributed by atoms with Crippen LogP contribution in [0.2, 0.25) is 0 Å². The van der Waals surface area contributed by atoms with Crippen molar-refractivity contribution in [2.75, 3.05) is 0 Å². The number of benzene rings is 1. The van der Waals surface area contributed by atoms with Crippen LogP contribution in [0, 0.1) is 6.92 Å². The van der Waals surface area contributed by atoms with Crippen LogP contribution in [0.4, 0.5) is 0 Å². The number of nitrogens with zero attached hydrogens (tertiary/aromatic N) is 1. The third-order valence-electron chi connectivity index (χ3n) is 2.15. The molecule has 17 heavy (non-hydrogen) atoms. The number of carbonyl (C=O) groups is 1. The second kappa shape index (κ2) is 5.42. The number of hydrogen-bond acceptors (Lipinski definition) is 4. The van der Waals surface area contributed by atoms with Gasteiger partial charge in [0.1, 0.15) is 12.4 Å². The van der Waals surface area contributed by atoms with Crippen molar-refractivity contribution in [3.05, 3.63) is 44.3 Å². The van der Waals surface area contributed by atoms with E-state index in [2.05, 4.69) is 20.9 Å². The number of halogens is 1. The van der Waals surface area contributed by atoms with E-state index in [9.17, 15) is 4.79 Å². The topological polar surface area (TPSA) is 39.2 Å². The minimum absolute atomic E-state index is 0.421. The summed E-state index contributed by atoms with van der Waals surface area (Å²) in [5, 5.41) is 2.99. The highest BCUT2D eigenvalue weighted by molar-refractivity contribution is 9.10. The van der Waals surface area contributed by atoms with Crippen LogP contribution in [0.5, 0.6) is 5.75 Å². The summed E-state index contributed by atoms with van der Waals surface area (Å²) < 4.78 is 6.34. The molecule has 0 saturated heterocycles. The molecule has 0 saturated carbocycles. The van der Waals surface area contributed by atoms with E-state index >= 15 is 0 Å². The van der Waals surface area contributed by atoms with Gasteiger partial charge >= 0.3 is 0 Å². The van der Waals surface area contributed by atoms with E-state index in [-0.39, 0.29) is 0 Å². The SMILES string of the molecule is Cc1nc(COc2ccc(Br)c(C=O)c2)cs1. The van der Waals surface area contributed by atoms with Crippen molar-refractivity contribution in [1.82, 2.24) is 4.98 Å². The maximum atomic E-state index is 10.8. The Labute approximate surface area is 112 Å². The maximum Gasteiger partial charge on any atom is 0.151 e. The average Bonchev–Trinajstić information content (AvgIpc) is 2.74. The molecular formula is C12H10BrNO2S. The Kier molecular flexibility index (Phi) is 3.91. The van der Waals surface area contributed by atoms with Gasteiger partial charge in [-0.15, -0.1) is 11.3 Å². The van der Waals surface area contributed by atoms with Crippen molar-refractivity contribution in [1.29, 1.82) is 0 Å². The van der Waals surface area contributed by atoms with E-state index in [1.54, 1.807) is 23.5 Å². The molecule has 0 aliphatic rings. The molecule has 0 aliphatic heterocycles. The van der Waals surface area contributed by atoms with E-state index in [1.165, 1.54) is 0 Å². The molecule has 0 bridgehead atoms. The van der Waals surface area contributed by atoms with Gasteiger partial charge in [0.2, 0.25) is 0 Å². The first-order valence-electron chi connectivity index (χ1n) is 4.97. The number of aldehydes is 1. The Morgan fingerprint density at radius 3 is 3.00 bits per heavy atom. The second-order valence-electron chi connectivity index (χ2n) is 3.45. The van der Waals surface area contributed by atoms with Crippen LogP contribution in [0.3, 0.4) is 0 Å². The van der Waals surface area contributed by atoms with Gasteiger partial charge in [-0.3, -0.25) is 4.79 Å². The molecule has 5 heteroatoms. The molecule has 0 fully saturated rings. The molecule has 1 aromatic carbocycles. The Morgan fingerprint density at radius 1 is 1.53 bits per heavy atom. The normalized spacial score (nSPS) is 10.2. The highest BCUT2D eigenvalue weighted by Crippen LogP contribution is 2.22.